The lowest BCUT2D eigenvalue weighted by molar-refractivity contribution is 0.258. The number of allylic oxidation sites excluding steroid dienone is 4. The molecule has 230 valence electrons. The van der Waals surface area contributed by atoms with Crippen LogP contribution >= 0.6 is 0 Å². The Kier molecular flexibility index (Phi) is 24.9. The zero-order valence-corrected chi connectivity index (χ0v) is 27.2. The first-order valence-electron chi connectivity index (χ1n) is 17.3. The average molecular weight is 555 g/mol. The summed E-state index contributed by atoms with van der Waals surface area (Å²) in [6, 6.07) is 6.33. The van der Waals surface area contributed by atoms with Crippen molar-refractivity contribution in [1.29, 1.82) is 0 Å². The number of rotatable bonds is 28. The van der Waals surface area contributed by atoms with Gasteiger partial charge in [0.15, 0.2) is 11.5 Å². The molecule has 40 heavy (non-hydrogen) atoms. The van der Waals surface area contributed by atoms with Crippen molar-refractivity contribution >= 4 is 0 Å². The minimum atomic E-state index is 0.749. The first-order chi connectivity index (χ1) is 19.7. The van der Waals surface area contributed by atoms with Gasteiger partial charge in [-0.3, -0.25) is 0 Å². The van der Waals surface area contributed by atoms with Crippen LogP contribution in [0.15, 0.2) is 42.5 Å². The van der Waals surface area contributed by atoms with Crippen LogP contribution in [0, 0.1) is 12.8 Å². The number of unbranched alkanes of at least 4 members (excludes halogenated alkanes) is 17. The first-order valence-corrected chi connectivity index (χ1v) is 17.3. The Morgan fingerprint density at radius 3 is 1.77 bits per heavy atom. The van der Waals surface area contributed by atoms with Gasteiger partial charge >= 0.3 is 0 Å². The quantitative estimate of drug-likeness (QED) is 0.0757. The predicted octanol–water partition coefficient (Wildman–Crippen LogP) is 12.7. The Bertz CT molecular complexity index is 735. The Balaban J connectivity index is 2.03. The van der Waals surface area contributed by atoms with Crippen LogP contribution in [0.3, 0.4) is 0 Å². The third-order valence-electron chi connectivity index (χ3n) is 7.86. The highest BCUT2D eigenvalue weighted by atomic mass is 16.5. The minimum absolute atomic E-state index is 0.749. The molecule has 0 heterocycles. The predicted molar refractivity (Wildman–Crippen MR) is 178 cm³/mol. The lowest BCUT2D eigenvalue weighted by Crippen LogP contribution is -2.03. The van der Waals surface area contributed by atoms with E-state index >= 15 is 0 Å². The van der Waals surface area contributed by atoms with E-state index in [2.05, 4.69) is 70.2 Å². The smallest absolute Gasteiger partial charge is 0.161 e. The second kappa shape index (κ2) is 27.5. The standard InChI is InChI=1S/C38H66O2/c1-5-7-9-11-13-15-18-22-26-32-39-37-31-30-36(4)34-38(37)40-33-27-23-19-16-14-17-21-25-29-35(3)28-24-20-12-10-8-6-2/h5,7,25,29-31,34-35H,6,8-24,26-28,32-33H2,1-4H3. The van der Waals surface area contributed by atoms with E-state index in [0.717, 1.165) is 43.5 Å². The van der Waals surface area contributed by atoms with Gasteiger partial charge in [0.05, 0.1) is 13.2 Å². The first kappa shape index (κ1) is 36.3. The van der Waals surface area contributed by atoms with Crippen molar-refractivity contribution in [2.45, 2.75) is 163 Å². The van der Waals surface area contributed by atoms with Crippen molar-refractivity contribution in [3.63, 3.8) is 0 Å². The largest absolute Gasteiger partial charge is 0.490 e. The molecule has 0 radical (unpaired) electrons. The molecule has 2 nitrogen and oxygen atoms in total. The summed E-state index contributed by atoms with van der Waals surface area (Å²) in [5, 5.41) is 0. The van der Waals surface area contributed by atoms with Crippen LogP contribution in [0.5, 0.6) is 11.5 Å². The second-order valence-electron chi connectivity index (χ2n) is 12.0. The van der Waals surface area contributed by atoms with E-state index in [0.29, 0.717) is 0 Å². The summed E-state index contributed by atoms with van der Waals surface area (Å²) in [7, 11) is 0. The van der Waals surface area contributed by atoms with Gasteiger partial charge in [0, 0.05) is 0 Å². The summed E-state index contributed by atoms with van der Waals surface area (Å²) < 4.78 is 12.3. The van der Waals surface area contributed by atoms with Crippen molar-refractivity contribution in [1.82, 2.24) is 0 Å². The summed E-state index contributed by atoms with van der Waals surface area (Å²) in [4.78, 5) is 0. The third-order valence-corrected chi connectivity index (χ3v) is 7.86. The SMILES string of the molecule is CC=CCCCCCCCCOc1ccc(C)cc1OCCCCCCCCC=CC(C)CCCCCCCC. The molecule has 0 spiro atoms. The van der Waals surface area contributed by atoms with Crippen molar-refractivity contribution in [3.8, 4) is 11.5 Å². The normalized spacial score (nSPS) is 12.5. The molecule has 1 unspecified atom stereocenters. The highest BCUT2D eigenvalue weighted by Gasteiger charge is 2.06. The van der Waals surface area contributed by atoms with Crippen LogP contribution in [0.25, 0.3) is 0 Å². The molecule has 0 saturated carbocycles. The number of ether oxygens (including phenoxy) is 2. The zero-order chi connectivity index (χ0) is 28.9. The van der Waals surface area contributed by atoms with E-state index in [1.165, 1.54) is 128 Å². The number of benzene rings is 1. The molecule has 0 aliphatic heterocycles. The van der Waals surface area contributed by atoms with Crippen LogP contribution < -0.4 is 9.47 Å². The molecule has 1 aromatic carbocycles. The lowest BCUT2D eigenvalue weighted by Gasteiger charge is -2.13. The topological polar surface area (TPSA) is 18.5 Å². The van der Waals surface area contributed by atoms with E-state index in [-0.39, 0.29) is 0 Å². The van der Waals surface area contributed by atoms with Gasteiger partial charge in [0.25, 0.3) is 0 Å². The summed E-state index contributed by atoms with van der Waals surface area (Å²) >= 11 is 0. The van der Waals surface area contributed by atoms with Gasteiger partial charge in [-0.2, -0.15) is 0 Å². The molecule has 0 saturated heterocycles. The van der Waals surface area contributed by atoms with Crippen LogP contribution in [0.1, 0.15) is 161 Å². The highest BCUT2D eigenvalue weighted by molar-refractivity contribution is 5.42. The number of hydrogen-bond acceptors (Lipinski definition) is 2. The van der Waals surface area contributed by atoms with Gasteiger partial charge in [-0.15, -0.1) is 0 Å². The number of hydrogen-bond donors (Lipinski definition) is 0. The van der Waals surface area contributed by atoms with Crippen molar-refractivity contribution in [3.05, 3.63) is 48.1 Å². The van der Waals surface area contributed by atoms with E-state index < -0.39 is 0 Å². The van der Waals surface area contributed by atoms with Gasteiger partial charge in [0.1, 0.15) is 0 Å². The van der Waals surface area contributed by atoms with Crippen LogP contribution in [0.2, 0.25) is 0 Å². The Labute approximate surface area is 250 Å². The fourth-order valence-electron chi connectivity index (χ4n) is 5.19. The molecule has 1 rings (SSSR count). The Hall–Kier alpha value is -1.70. The van der Waals surface area contributed by atoms with Gasteiger partial charge in [-0.1, -0.05) is 134 Å². The molecule has 0 aliphatic rings. The highest BCUT2D eigenvalue weighted by Crippen LogP contribution is 2.29. The molecule has 1 atom stereocenters. The Morgan fingerprint density at radius 1 is 0.625 bits per heavy atom. The van der Waals surface area contributed by atoms with E-state index in [4.69, 9.17) is 9.47 Å². The molecule has 0 aromatic heterocycles. The molecule has 0 aliphatic carbocycles. The van der Waals surface area contributed by atoms with Crippen LogP contribution in [-0.2, 0) is 0 Å². The summed E-state index contributed by atoms with van der Waals surface area (Å²) in [6.07, 6.45) is 37.0. The molecule has 2 heteroatoms. The van der Waals surface area contributed by atoms with E-state index in [1.54, 1.807) is 0 Å². The Morgan fingerprint density at radius 2 is 1.15 bits per heavy atom. The molecule has 1 aromatic rings. The molecular weight excluding hydrogens is 488 g/mol. The summed E-state index contributed by atoms with van der Waals surface area (Å²) in [5.74, 6) is 2.58. The molecule has 0 fully saturated rings. The van der Waals surface area contributed by atoms with Crippen molar-refractivity contribution in [2.75, 3.05) is 13.2 Å². The monoisotopic (exact) mass is 555 g/mol. The van der Waals surface area contributed by atoms with Gasteiger partial charge in [0.2, 0.25) is 0 Å². The number of aryl methyl sites for hydroxylation is 1. The molecule has 0 bridgehead atoms. The third kappa shape index (κ3) is 22.0. The maximum atomic E-state index is 6.15. The fraction of sp³-hybridized carbons (Fsp3) is 0.737. The molecule has 0 N–H and O–H groups in total. The fourth-order valence-corrected chi connectivity index (χ4v) is 5.19. The maximum absolute atomic E-state index is 6.15. The minimum Gasteiger partial charge on any atom is -0.490 e. The van der Waals surface area contributed by atoms with Gasteiger partial charge < -0.3 is 9.47 Å². The van der Waals surface area contributed by atoms with Crippen molar-refractivity contribution in [2.24, 2.45) is 5.92 Å². The second-order valence-corrected chi connectivity index (χ2v) is 12.0. The van der Waals surface area contributed by atoms with Gasteiger partial charge in [-0.25, -0.2) is 0 Å². The lowest BCUT2D eigenvalue weighted by atomic mass is 10.0. The summed E-state index contributed by atoms with van der Waals surface area (Å²) in [6.45, 7) is 10.5. The maximum Gasteiger partial charge on any atom is 0.161 e. The van der Waals surface area contributed by atoms with E-state index in [1.807, 2.05) is 0 Å². The molecule has 0 amide bonds. The van der Waals surface area contributed by atoms with Gasteiger partial charge in [-0.05, 0) is 82.4 Å². The van der Waals surface area contributed by atoms with Crippen LogP contribution in [-0.4, -0.2) is 13.2 Å². The van der Waals surface area contributed by atoms with E-state index in [9.17, 15) is 0 Å². The van der Waals surface area contributed by atoms with Crippen molar-refractivity contribution < 1.29 is 9.47 Å². The average Bonchev–Trinajstić information content (AvgIpc) is 2.95. The zero-order valence-electron chi connectivity index (χ0n) is 27.2. The van der Waals surface area contributed by atoms with Crippen LogP contribution in [0.4, 0.5) is 0 Å². The molecular formula is C38H66O2. The summed E-state index contributed by atoms with van der Waals surface area (Å²) in [5.41, 5.74) is 1.23.